The average molecular weight is 211 g/mol. The third kappa shape index (κ3) is 7.03. The highest BCUT2D eigenvalue weighted by atomic mass is 16.9. The highest BCUT2D eigenvalue weighted by molar-refractivity contribution is 5.43. The van der Waals surface area contributed by atoms with Gasteiger partial charge in [0, 0.05) is 5.69 Å². The van der Waals surface area contributed by atoms with Gasteiger partial charge in [-0.2, -0.15) is 0 Å². The molecule has 0 bridgehead atoms. The zero-order valence-corrected chi connectivity index (χ0v) is 8.09. The predicted molar refractivity (Wildman–Crippen MR) is 56.9 cm³/mol. The lowest BCUT2D eigenvalue weighted by molar-refractivity contribution is -0.742. The molecule has 4 N–H and O–H groups in total. The zero-order valence-electron chi connectivity index (χ0n) is 8.09. The largest absolute Gasteiger partial charge is 0.328 e. The lowest BCUT2D eigenvalue weighted by atomic mass is 10.1. The molecule has 0 aliphatic heterocycles. The summed E-state index contributed by atoms with van der Waals surface area (Å²) >= 11 is 0. The third-order valence-electron chi connectivity index (χ3n) is 1.50. The number of anilines is 1. The Balaban J connectivity index is 0.000000423. The van der Waals surface area contributed by atoms with Gasteiger partial charge in [-0.3, -0.25) is 5.84 Å². The molecule has 6 heteroatoms. The number of rotatable bonds is 3. The molecule has 0 saturated carbocycles. The number of hydrogen-bond donors (Lipinski definition) is 3. The average Bonchev–Trinajstić information content (AvgIpc) is 2.19. The molecular weight excluding hydrogens is 198 g/mol. The van der Waals surface area contributed by atoms with E-state index in [4.69, 9.17) is 21.2 Å². The fraction of sp³-hybridized carbons (Fsp3) is 0.111. The second kappa shape index (κ2) is 7.34. The molecule has 0 aromatic heterocycles. The van der Waals surface area contributed by atoms with E-state index < -0.39 is 5.09 Å². The maximum atomic E-state index is 8.36. The molecule has 0 heterocycles. The maximum absolute atomic E-state index is 8.36. The van der Waals surface area contributed by atoms with E-state index in [1.807, 2.05) is 30.3 Å². The summed E-state index contributed by atoms with van der Waals surface area (Å²) in [7, 11) is 0. The molecule has 0 radical (unpaired) electrons. The van der Waals surface area contributed by atoms with Gasteiger partial charge in [0.2, 0.25) is 0 Å². The molecule has 0 unspecified atom stereocenters. The summed E-state index contributed by atoms with van der Waals surface area (Å²) in [6.07, 6.45) is 2.79. The number of nitrogens with one attached hydrogen (secondary N) is 1. The summed E-state index contributed by atoms with van der Waals surface area (Å²) < 4.78 is 0. The second-order valence-corrected chi connectivity index (χ2v) is 2.57. The summed E-state index contributed by atoms with van der Waals surface area (Å²) in [5, 5.41) is 13.6. The van der Waals surface area contributed by atoms with E-state index in [0.29, 0.717) is 0 Å². The van der Waals surface area contributed by atoms with E-state index in [0.717, 1.165) is 12.1 Å². The Morgan fingerprint density at radius 3 is 2.33 bits per heavy atom. The molecule has 0 atom stereocenters. The van der Waals surface area contributed by atoms with Crippen molar-refractivity contribution >= 4 is 5.69 Å². The van der Waals surface area contributed by atoms with Gasteiger partial charge >= 0.3 is 0 Å². The van der Waals surface area contributed by atoms with Crippen LogP contribution in [0.15, 0.2) is 36.9 Å². The van der Waals surface area contributed by atoms with Gasteiger partial charge < -0.3 is 10.6 Å². The Morgan fingerprint density at radius 2 is 2.00 bits per heavy atom. The Morgan fingerprint density at radius 1 is 1.53 bits per heavy atom. The van der Waals surface area contributed by atoms with Crippen molar-refractivity contribution in [2.45, 2.75) is 6.42 Å². The first-order valence-corrected chi connectivity index (χ1v) is 4.10. The number of allylic oxidation sites excluding steroid dienone is 1. The lowest BCUT2D eigenvalue weighted by Crippen LogP contribution is -2.06. The van der Waals surface area contributed by atoms with Gasteiger partial charge in [-0.05, 0) is 24.1 Å². The minimum absolute atomic E-state index is 0.908. The van der Waals surface area contributed by atoms with Crippen molar-refractivity contribution < 1.29 is 10.3 Å². The fourth-order valence-electron chi connectivity index (χ4n) is 0.904. The monoisotopic (exact) mass is 211 g/mol. The van der Waals surface area contributed by atoms with Gasteiger partial charge in [0.05, 0.1) is 0 Å². The van der Waals surface area contributed by atoms with E-state index in [1.54, 1.807) is 0 Å². The van der Waals surface area contributed by atoms with Crippen LogP contribution in [0.4, 0.5) is 5.69 Å². The van der Waals surface area contributed by atoms with Crippen molar-refractivity contribution in [3.05, 3.63) is 52.6 Å². The van der Waals surface area contributed by atoms with Crippen LogP contribution in [-0.4, -0.2) is 10.3 Å². The van der Waals surface area contributed by atoms with Gasteiger partial charge in [-0.15, -0.1) is 16.7 Å². The number of nitrogens with zero attached hydrogens (tertiary/aromatic N) is 1. The van der Waals surface area contributed by atoms with Crippen molar-refractivity contribution in [2.24, 2.45) is 5.84 Å². The first kappa shape index (κ1) is 12.9. The van der Waals surface area contributed by atoms with Crippen LogP contribution in [0, 0.1) is 10.1 Å². The lowest BCUT2D eigenvalue weighted by Gasteiger charge is -1.99. The molecule has 0 spiro atoms. The molecule has 1 aromatic carbocycles. The molecule has 0 aliphatic carbocycles. The summed E-state index contributed by atoms with van der Waals surface area (Å²) in [4.78, 5) is 8.36. The molecule has 1 rings (SSSR count). The van der Waals surface area contributed by atoms with E-state index in [1.165, 1.54) is 5.56 Å². The van der Waals surface area contributed by atoms with Gasteiger partial charge in [0.1, 0.15) is 0 Å². The molecule has 0 saturated heterocycles. The number of hydrogen-bond acceptors (Lipinski definition) is 4. The molecule has 82 valence electrons. The van der Waals surface area contributed by atoms with E-state index in [-0.39, 0.29) is 0 Å². The maximum Gasteiger partial charge on any atom is 0.291 e. The molecule has 0 aliphatic rings. The van der Waals surface area contributed by atoms with Crippen molar-refractivity contribution in [1.29, 1.82) is 0 Å². The fourth-order valence-corrected chi connectivity index (χ4v) is 0.904. The molecule has 1 aromatic rings. The summed E-state index contributed by atoms with van der Waals surface area (Å²) in [6, 6.07) is 7.94. The van der Waals surface area contributed by atoms with E-state index in [2.05, 4.69) is 12.0 Å². The number of benzene rings is 1. The van der Waals surface area contributed by atoms with Gasteiger partial charge in [-0.25, -0.2) is 0 Å². The summed E-state index contributed by atoms with van der Waals surface area (Å²) in [5.74, 6) is 5.20. The van der Waals surface area contributed by atoms with Crippen LogP contribution in [0.3, 0.4) is 0 Å². The standard InChI is InChI=1S/C9H12N2.HNO3/c1-2-3-8-4-6-9(11-10)7-5-8;2-1(3)4/h2,4-7,11H,1,3,10H2;(H,2,3,4). The number of nitrogen functional groups attached to an aromatic ring is 1. The van der Waals surface area contributed by atoms with E-state index >= 15 is 0 Å². The topological polar surface area (TPSA) is 101 Å². The van der Waals surface area contributed by atoms with Crippen molar-refractivity contribution in [3.63, 3.8) is 0 Å². The number of nitrogens with two attached hydrogens (primary N) is 1. The van der Waals surface area contributed by atoms with Crippen LogP contribution < -0.4 is 11.3 Å². The van der Waals surface area contributed by atoms with Crippen LogP contribution in [0.25, 0.3) is 0 Å². The van der Waals surface area contributed by atoms with Gasteiger partial charge in [0.15, 0.2) is 0 Å². The molecule has 0 fully saturated rings. The second-order valence-electron chi connectivity index (χ2n) is 2.57. The molecule has 0 amide bonds. The Labute approximate surface area is 87.1 Å². The molecule has 15 heavy (non-hydrogen) atoms. The highest BCUT2D eigenvalue weighted by Crippen LogP contribution is 2.08. The van der Waals surface area contributed by atoms with Crippen LogP contribution in [0.1, 0.15) is 5.56 Å². The molecular formula is C9H13N3O3. The Kier molecular flexibility index (Phi) is 6.32. The smallest absolute Gasteiger partial charge is 0.291 e. The van der Waals surface area contributed by atoms with Crippen molar-refractivity contribution in [2.75, 3.05) is 5.43 Å². The van der Waals surface area contributed by atoms with Crippen LogP contribution in [0.2, 0.25) is 0 Å². The predicted octanol–water partition coefficient (Wildman–Crippen LogP) is 1.35. The number of hydrazine groups is 1. The Bertz CT molecular complexity index is 307. The Hall–Kier alpha value is -2.08. The summed E-state index contributed by atoms with van der Waals surface area (Å²) in [6.45, 7) is 3.66. The zero-order chi connectivity index (χ0) is 11.7. The SMILES string of the molecule is C=CCc1ccc(NN)cc1.O=[N+]([O-])O. The highest BCUT2D eigenvalue weighted by Gasteiger charge is 1.89. The molecule has 6 nitrogen and oxygen atoms in total. The first-order chi connectivity index (χ1) is 7.10. The van der Waals surface area contributed by atoms with Gasteiger partial charge in [-0.1, -0.05) is 18.2 Å². The van der Waals surface area contributed by atoms with Crippen molar-refractivity contribution in [1.82, 2.24) is 0 Å². The van der Waals surface area contributed by atoms with Crippen LogP contribution >= 0.6 is 0 Å². The van der Waals surface area contributed by atoms with Crippen LogP contribution in [0.5, 0.6) is 0 Å². The minimum Gasteiger partial charge on any atom is -0.328 e. The van der Waals surface area contributed by atoms with E-state index in [9.17, 15) is 0 Å². The third-order valence-corrected chi connectivity index (χ3v) is 1.50. The van der Waals surface area contributed by atoms with Gasteiger partial charge in [0.25, 0.3) is 5.09 Å². The minimum atomic E-state index is -1.50. The van der Waals surface area contributed by atoms with Crippen LogP contribution in [-0.2, 0) is 6.42 Å². The quantitative estimate of drug-likeness (QED) is 0.303. The summed E-state index contributed by atoms with van der Waals surface area (Å²) in [5.41, 5.74) is 4.75. The first-order valence-electron chi connectivity index (χ1n) is 4.10. The van der Waals surface area contributed by atoms with Crippen molar-refractivity contribution in [3.8, 4) is 0 Å². The normalized spacial score (nSPS) is 8.33.